The molecule has 2 N–H and O–H groups in total. The molecule has 1 atom stereocenters. The monoisotopic (exact) mass is 260 g/mol. The molecule has 90 valence electrons. The molecule has 2 rings (SSSR count). The zero-order chi connectivity index (χ0) is 13.4. The molecule has 0 spiro atoms. The summed E-state index contributed by atoms with van der Waals surface area (Å²) in [5, 5.41) is 17.6. The van der Waals surface area contributed by atoms with Gasteiger partial charge < -0.3 is 10.4 Å². The third kappa shape index (κ3) is 3.07. The lowest BCUT2D eigenvalue weighted by molar-refractivity contribution is 0.0743. The van der Waals surface area contributed by atoms with Crippen LogP contribution in [0.3, 0.4) is 0 Å². The minimum Gasteiger partial charge on any atom is -0.384 e. The van der Waals surface area contributed by atoms with Gasteiger partial charge in [-0.25, -0.2) is 16.6 Å². The molecule has 1 aliphatic heterocycles. The Morgan fingerprint density at radius 3 is 3.19 bits per heavy atom. The van der Waals surface area contributed by atoms with E-state index in [2.05, 4.69) is 10.3 Å². The Morgan fingerprint density at radius 1 is 1.81 bits per heavy atom. The van der Waals surface area contributed by atoms with Crippen LogP contribution in [0.5, 0.6) is 0 Å². The number of nitrogens with zero attached hydrogens (tertiary/aromatic N) is 1. The van der Waals surface area contributed by atoms with Crippen LogP contribution < -0.4 is 5.32 Å². The summed E-state index contributed by atoms with van der Waals surface area (Å²) in [5.74, 6) is 0.552. The molecule has 0 bridgehead atoms. The zero-order valence-corrected chi connectivity index (χ0v) is 11.1. The molecule has 1 aromatic rings. The van der Waals surface area contributed by atoms with Crippen molar-refractivity contribution in [2.75, 3.05) is 5.75 Å². The largest absolute Gasteiger partial charge is 0.384 e. The van der Waals surface area contributed by atoms with E-state index in [0.29, 0.717) is 18.0 Å². The zero-order valence-electron chi connectivity index (χ0n) is 11.4. The van der Waals surface area contributed by atoms with E-state index in [0.717, 1.165) is 5.01 Å². The van der Waals surface area contributed by atoms with Gasteiger partial charge in [0.1, 0.15) is 10.6 Å². The maximum Gasteiger partial charge on any atom is 0.107 e. The summed E-state index contributed by atoms with van der Waals surface area (Å²) in [4.78, 5) is 4.37. The predicted octanol–water partition coefficient (Wildman–Crippen LogP) is 1.55. The Bertz CT molecular complexity index is 454. The van der Waals surface area contributed by atoms with Crippen LogP contribution in [0, 0.1) is 0 Å². The van der Waals surface area contributed by atoms with Crippen LogP contribution >= 0.6 is 22.9 Å². The van der Waals surface area contributed by atoms with Gasteiger partial charge in [0.15, 0.2) is 0 Å². The van der Waals surface area contributed by atoms with Crippen molar-refractivity contribution in [3.05, 3.63) is 27.6 Å². The Hall–Kier alpha value is -0.360. The molecule has 1 unspecified atom stereocenters. The fourth-order valence-electron chi connectivity index (χ4n) is 1.38. The third-order valence-electron chi connectivity index (χ3n) is 2.38. The highest BCUT2D eigenvalue weighted by molar-refractivity contribution is 8.02. The fourth-order valence-corrected chi connectivity index (χ4v) is 3.14. The topological polar surface area (TPSA) is 45.2 Å². The van der Waals surface area contributed by atoms with Crippen LogP contribution in [-0.2, 0) is 12.1 Å². The molecule has 0 saturated carbocycles. The molecule has 0 aliphatic carbocycles. The highest BCUT2D eigenvalue weighted by atomic mass is 32.2. The highest BCUT2D eigenvalue weighted by Gasteiger charge is 2.19. The summed E-state index contributed by atoms with van der Waals surface area (Å²) in [5.41, 5.74) is -0.212. The summed E-state index contributed by atoms with van der Waals surface area (Å²) in [6.45, 7) is 4.05. The Labute approximate surface area is 106 Å². The van der Waals surface area contributed by atoms with E-state index >= 15 is 0 Å². The molecule has 0 saturated heterocycles. The normalized spacial score (nSPS) is 27.6. The lowest BCUT2D eigenvalue weighted by atomic mass is 10.1. The van der Waals surface area contributed by atoms with E-state index in [-0.39, 0.29) is 6.04 Å². The first-order valence-electron chi connectivity index (χ1n) is 6.06. The first kappa shape index (κ1) is 9.65. The van der Waals surface area contributed by atoms with Crippen LogP contribution in [0.15, 0.2) is 16.9 Å². The van der Waals surface area contributed by atoms with Gasteiger partial charge in [-0.1, -0.05) is 11.5 Å². The first-order chi connectivity index (χ1) is 8.26. The second-order valence-electron chi connectivity index (χ2n) is 4.33. The van der Waals surface area contributed by atoms with Crippen LogP contribution in [-0.4, -0.2) is 24.1 Å². The summed E-state index contributed by atoms with van der Waals surface area (Å²) in [6, 6.07) is 0.101. The third-order valence-corrected chi connectivity index (χ3v) is 4.13. The summed E-state index contributed by atoms with van der Waals surface area (Å²) in [7, 11) is 0. The number of aliphatic hydroxyl groups is 1. The highest BCUT2D eigenvalue weighted by Crippen LogP contribution is 2.22. The van der Waals surface area contributed by atoms with Crippen LogP contribution in [0.25, 0.3) is 0 Å². The molecule has 16 heavy (non-hydrogen) atoms. The van der Waals surface area contributed by atoms with E-state index in [1.165, 1.54) is 11.3 Å². The second-order valence-corrected chi connectivity index (χ2v) is 6.22. The summed E-state index contributed by atoms with van der Waals surface area (Å²) < 4.78 is 15.3. The number of hydrogen-bond acceptors (Lipinski definition) is 4. The van der Waals surface area contributed by atoms with Crippen LogP contribution in [0.1, 0.15) is 24.5 Å². The van der Waals surface area contributed by atoms with Gasteiger partial charge in [-0.2, -0.15) is 0 Å². The summed E-state index contributed by atoms with van der Waals surface area (Å²) in [6.07, 6.45) is 1.90. The standard InChI is InChI=1S/C11H18N2OS2/c1-11(2,14)9-7-16-10(13-9)5-12-8-3-4-15-6-8/h3-4,7-8,12,14H,5-6,15H2,1-2H3/i15D2. The van der Waals surface area contributed by atoms with E-state index in [4.69, 9.17) is 2.25 Å². The second kappa shape index (κ2) is 4.87. The average Bonchev–Trinajstić information content (AvgIpc) is 2.80. The molecule has 3 nitrogen and oxygen atoms in total. The number of nitrogens with one attached hydrogen (secondary N) is 1. The minimum atomic E-state index is -2.02. The Morgan fingerprint density at radius 2 is 2.62 bits per heavy atom. The van der Waals surface area contributed by atoms with Gasteiger partial charge in [0.2, 0.25) is 0 Å². The van der Waals surface area contributed by atoms with Gasteiger partial charge in [0.25, 0.3) is 0 Å². The Kier molecular flexibility index (Phi) is 2.94. The predicted molar refractivity (Wildman–Crippen MR) is 72.4 cm³/mol. The number of hydrogen-bond donors (Lipinski definition) is 2. The molecule has 1 aliphatic rings. The van der Waals surface area contributed by atoms with E-state index in [9.17, 15) is 5.11 Å². The molecule has 0 aromatic carbocycles. The SMILES string of the molecule is [2H]S1([2H])C=CC(NCc2nc(C(C)(C)O)cs2)C1. The van der Waals surface area contributed by atoms with Crippen molar-refractivity contribution in [3.63, 3.8) is 0 Å². The quantitative estimate of drug-likeness (QED) is 0.863. The first-order valence-corrected chi connectivity index (χ1v) is 7.17. The Balaban J connectivity index is 1.88. The van der Waals surface area contributed by atoms with E-state index in [1.54, 1.807) is 19.3 Å². The van der Waals surface area contributed by atoms with Crippen molar-refractivity contribution in [1.29, 1.82) is 2.25 Å². The van der Waals surface area contributed by atoms with Crippen LogP contribution in [0.2, 0.25) is 0 Å². The molecular weight excluding hydrogens is 240 g/mol. The van der Waals surface area contributed by atoms with Crippen molar-refractivity contribution >= 4 is 22.9 Å². The van der Waals surface area contributed by atoms with Gasteiger partial charge in [-0.3, -0.25) is 0 Å². The van der Waals surface area contributed by atoms with Gasteiger partial charge in [-0.15, -0.1) is 11.3 Å². The number of aromatic nitrogens is 1. The molecule has 0 radical (unpaired) electrons. The lowest BCUT2D eigenvalue weighted by Gasteiger charge is -2.13. The van der Waals surface area contributed by atoms with Crippen molar-refractivity contribution < 1.29 is 5.11 Å². The maximum absolute atomic E-state index is 9.82. The molecule has 2 heterocycles. The van der Waals surface area contributed by atoms with E-state index < -0.39 is 17.2 Å². The van der Waals surface area contributed by atoms with Crippen LogP contribution in [0.4, 0.5) is 0 Å². The van der Waals surface area contributed by atoms with Gasteiger partial charge >= 0.3 is 0 Å². The smallest absolute Gasteiger partial charge is 0.107 e. The number of rotatable bonds is 4. The fraction of sp³-hybridized carbons (Fsp3) is 0.545. The van der Waals surface area contributed by atoms with E-state index in [1.807, 2.05) is 11.5 Å². The van der Waals surface area contributed by atoms with Gasteiger partial charge in [-0.05, 0) is 19.6 Å². The maximum atomic E-state index is 9.82. The lowest BCUT2D eigenvalue weighted by Crippen LogP contribution is -2.27. The van der Waals surface area contributed by atoms with Crippen molar-refractivity contribution in [1.82, 2.24) is 10.3 Å². The van der Waals surface area contributed by atoms with Crippen molar-refractivity contribution in [2.45, 2.75) is 32.0 Å². The summed E-state index contributed by atoms with van der Waals surface area (Å²) >= 11 is -0.503. The van der Waals surface area contributed by atoms with Gasteiger partial charge in [0.05, 0.1) is 7.94 Å². The molecule has 0 fully saturated rings. The van der Waals surface area contributed by atoms with Crippen molar-refractivity contribution in [2.24, 2.45) is 0 Å². The molecule has 5 heteroatoms. The molecule has 0 amide bonds. The molecule has 1 aromatic heterocycles. The number of thiazole rings is 1. The minimum absolute atomic E-state index is 0.101. The van der Waals surface area contributed by atoms with Gasteiger partial charge in [0, 0.05) is 18.0 Å². The molecular formula is C11H18N2OS2. The average molecular weight is 260 g/mol. The van der Waals surface area contributed by atoms with Crippen molar-refractivity contribution in [3.8, 4) is 0 Å².